The van der Waals surface area contributed by atoms with Gasteiger partial charge in [0.05, 0.1) is 0 Å². The second-order valence-electron chi connectivity index (χ2n) is 2.14. The van der Waals surface area contributed by atoms with Crippen molar-refractivity contribution in [3.8, 4) is 0 Å². The molecule has 0 aliphatic carbocycles. The SMILES string of the molecule is C/C=c1/ccs/c1=C/CC. The molecule has 0 saturated heterocycles. The topological polar surface area (TPSA) is 0 Å². The summed E-state index contributed by atoms with van der Waals surface area (Å²) in [6.07, 6.45) is 5.54. The first-order valence-electron chi connectivity index (χ1n) is 3.58. The molecule has 54 valence electrons. The van der Waals surface area contributed by atoms with E-state index in [9.17, 15) is 0 Å². The summed E-state index contributed by atoms with van der Waals surface area (Å²) in [5.41, 5.74) is 0. The van der Waals surface area contributed by atoms with E-state index in [0.29, 0.717) is 0 Å². The van der Waals surface area contributed by atoms with E-state index in [0.717, 1.165) is 6.42 Å². The van der Waals surface area contributed by atoms with Crippen molar-refractivity contribution in [1.29, 1.82) is 0 Å². The van der Waals surface area contributed by atoms with Crippen LogP contribution in [0.4, 0.5) is 0 Å². The highest BCUT2D eigenvalue weighted by molar-refractivity contribution is 7.07. The fourth-order valence-electron chi connectivity index (χ4n) is 0.921. The molecule has 1 aromatic rings. The minimum Gasteiger partial charge on any atom is -0.144 e. The molecule has 0 atom stereocenters. The smallest absolute Gasteiger partial charge is 0.0299 e. The van der Waals surface area contributed by atoms with Crippen molar-refractivity contribution >= 4 is 23.5 Å². The molecule has 0 saturated carbocycles. The number of hydrogen-bond donors (Lipinski definition) is 0. The Bertz CT molecular complexity index is 293. The molecule has 0 spiro atoms. The van der Waals surface area contributed by atoms with Crippen molar-refractivity contribution in [2.24, 2.45) is 0 Å². The number of rotatable bonds is 1. The van der Waals surface area contributed by atoms with E-state index < -0.39 is 0 Å². The Morgan fingerprint density at radius 3 is 3.00 bits per heavy atom. The van der Waals surface area contributed by atoms with Gasteiger partial charge in [-0.25, -0.2) is 0 Å². The third kappa shape index (κ3) is 1.48. The predicted molar refractivity (Wildman–Crippen MR) is 48.5 cm³/mol. The van der Waals surface area contributed by atoms with Gasteiger partial charge in [0.25, 0.3) is 0 Å². The molecule has 0 fully saturated rings. The van der Waals surface area contributed by atoms with Crippen molar-refractivity contribution < 1.29 is 0 Å². The molecule has 1 heteroatoms. The van der Waals surface area contributed by atoms with E-state index in [-0.39, 0.29) is 0 Å². The summed E-state index contributed by atoms with van der Waals surface area (Å²) in [5.74, 6) is 0. The Balaban J connectivity index is 3.28. The van der Waals surface area contributed by atoms with Crippen LogP contribution in [0.3, 0.4) is 0 Å². The van der Waals surface area contributed by atoms with Crippen molar-refractivity contribution in [2.75, 3.05) is 0 Å². The van der Waals surface area contributed by atoms with E-state index >= 15 is 0 Å². The summed E-state index contributed by atoms with van der Waals surface area (Å²) >= 11 is 1.81. The summed E-state index contributed by atoms with van der Waals surface area (Å²) in [5, 5.41) is 3.50. The molecule has 0 aliphatic heterocycles. The maximum atomic E-state index is 2.26. The van der Waals surface area contributed by atoms with E-state index in [1.54, 1.807) is 0 Å². The van der Waals surface area contributed by atoms with Gasteiger partial charge < -0.3 is 0 Å². The van der Waals surface area contributed by atoms with Gasteiger partial charge in [0.2, 0.25) is 0 Å². The van der Waals surface area contributed by atoms with Gasteiger partial charge in [0, 0.05) is 4.53 Å². The maximum Gasteiger partial charge on any atom is 0.0299 e. The highest BCUT2D eigenvalue weighted by atomic mass is 32.1. The molecule has 0 nitrogen and oxygen atoms in total. The average molecular weight is 152 g/mol. The van der Waals surface area contributed by atoms with Crippen LogP contribution in [0, 0.1) is 0 Å². The fraction of sp³-hybridized carbons (Fsp3) is 0.333. The van der Waals surface area contributed by atoms with Gasteiger partial charge in [0.1, 0.15) is 0 Å². The van der Waals surface area contributed by atoms with Crippen molar-refractivity contribution in [2.45, 2.75) is 20.3 Å². The van der Waals surface area contributed by atoms with Crippen LogP contribution in [-0.4, -0.2) is 0 Å². The Labute approximate surface area is 65.5 Å². The molecule has 0 aliphatic rings. The first kappa shape index (κ1) is 7.55. The van der Waals surface area contributed by atoms with E-state index in [1.807, 2.05) is 11.3 Å². The lowest BCUT2D eigenvalue weighted by molar-refractivity contribution is 1.29. The zero-order chi connectivity index (χ0) is 7.40. The minimum atomic E-state index is 1.13. The van der Waals surface area contributed by atoms with Crippen LogP contribution in [0.5, 0.6) is 0 Å². The van der Waals surface area contributed by atoms with Crippen LogP contribution in [-0.2, 0) is 0 Å². The lowest BCUT2D eigenvalue weighted by Gasteiger charge is -1.75. The Morgan fingerprint density at radius 2 is 2.40 bits per heavy atom. The van der Waals surface area contributed by atoms with Gasteiger partial charge in [-0.05, 0) is 30.0 Å². The summed E-state index contributed by atoms with van der Waals surface area (Å²) in [4.78, 5) is 0. The highest BCUT2D eigenvalue weighted by Crippen LogP contribution is 1.83. The average Bonchev–Trinajstić information content (AvgIpc) is 2.36. The van der Waals surface area contributed by atoms with Crippen LogP contribution >= 0.6 is 11.3 Å². The molecule has 0 bridgehead atoms. The van der Waals surface area contributed by atoms with Gasteiger partial charge in [0.15, 0.2) is 0 Å². The Kier molecular flexibility index (Phi) is 2.69. The number of hydrogen-bond acceptors (Lipinski definition) is 1. The van der Waals surface area contributed by atoms with Crippen molar-refractivity contribution in [1.82, 2.24) is 0 Å². The molecular formula is C9H12S. The third-order valence-electron chi connectivity index (χ3n) is 1.43. The van der Waals surface area contributed by atoms with Gasteiger partial charge in [-0.1, -0.05) is 19.1 Å². The van der Waals surface area contributed by atoms with E-state index in [2.05, 4.69) is 37.4 Å². The van der Waals surface area contributed by atoms with Crippen LogP contribution < -0.4 is 9.75 Å². The molecule has 0 radical (unpaired) electrons. The normalized spacial score (nSPS) is 14.6. The molecule has 0 amide bonds. The van der Waals surface area contributed by atoms with Crippen molar-refractivity contribution in [3.05, 3.63) is 21.2 Å². The molecule has 0 N–H and O–H groups in total. The second kappa shape index (κ2) is 3.57. The molecule has 1 aromatic heterocycles. The van der Waals surface area contributed by atoms with Gasteiger partial charge in [-0.3, -0.25) is 0 Å². The summed E-state index contributed by atoms with van der Waals surface area (Å²) < 4.78 is 1.41. The first-order valence-corrected chi connectivity index (χ1v) is 4.46. The van der Waals surface area contributed by atoms with Crippen LogP contribution in [0.1, 0.15) is 20.3 Å². The molecule has 10 heavy (non-hydrogen) atoms. The van der Waals surface area contributed by atoms with Crippen LogP contribution in [0.15, 0.2) is 11.4 Å². The lowest BCUT2D eigenvalue weighted by atomic mass is 10.3. The largest absolute Gasteiger partial charge is 0.144 e. The van der Waals surface area contributed by atoms with Gasteiger partial charge in [-0.2, -0.15) is 0 Å². The number of thiophene rings is 1. The predicted octanol–water partition coefficient (Wildman–Crippen LogP) is 1.74. The highest BCUT2D eigenvalue weighted by Gasteiger charge is 1.81. The molecule has 0 unspecified atom stereocenters. The summed E-state index contributed by atoms with van der Waals surface area (Å²) in [6.45, 7) is 4.24. The van der Waals surface area contributed by atoms with E-state index in [4.69, 9.17) is 0 Å². The molecule has 1 rings (SSSR count). The first-order chi connectivity index (χ1) is 4.88. The Hall–Kier alpha value is -0.560. The lowest BCUT2D eigenvalue weighted by Crippen LogP contribution is -2.16. The van der Waals surface area contributed by atoms with Crippen LogP contribution in [0.2, 0.25) is 0 Å². The maximum absolute atomic E-state index is 2.26. The third-order valence-corrected chi connectivity index (χ3v) is 2.36. The zero-order valence-electron chi connectivity index (χ0n) is 6.42. The molecular weight excluding hydrogens is 140 g/mol. The second-order valence-corrected chi connectivity index (χ2v) is 3.09. The van der Waals surface area contributed by atoms with Gasteiger partial charge in [-0.15, -0.1) is 11.3 Å². The monoisotopic (exact) mass is 152 g/mol. The van der Waals surface area contributed by atoms with Crippen LogP contribution in [0.25, 0.3) is 12.2 Å². The fourth-order valence-corrected chi connectivity index (χ4v) is 1.87. The van der Waals surface area contributed by atoms with Gasteiger partial charge >= 0.3 is 0 Å². The van der Waals surface area contributed by atoms with Crippen molar-refractivity contribution in [3.63, 3.8) is 0 Å². The molecule has 0 aromatic carbocycles. The summed E-state index contributed by atoms with van der Waals surface area (Å²) in [6, 6.07) is 2.16. The quantitative estimate of drug-likeness (QED) is 0.575. The standard InChI is InChI=1S/C9H12S/c1-3-5-9-8(4-2)6-7-10-9/h4-7H,3H2,1-2H3/b8-4-,9-5+. The summed E-state index contributed by atoms with van der Waals surface area (Å²) in [7, 11) is 0. The molecule has 1 heterocycles. The Morgan fingerprint density at radius 1 is 1.60 bits per heavy atom. The minimum absolute atomic E-state index is 1.13. The zero-order valence-corrected chi connectivity index (χ0v) is 7.24. The van der Waals surface area contributed by atoms with E-state index in [1.165, 1.54) is 9.75 Å².